The van der Waals surface area contributed by atoms with Gasteiger partial charge in [0.2, 0.25) is 11.8 Å². The minimum absolute atomic E-state index is 0.180. The van der Waals surface area contributed by atoms with Gasteiger partial charge in [0, 0.05) is 0 Å². The number of hydrogen-bond donors (Lipinski definition) is 1. The molecule has 3 amide bonds. The van der Waals surface area contributed by atoms with Crippen molar-refractivity contribution >= 4 is 17.7 Å². The Hall–Kier alpha value is -2.45. The Morgan fingerprint density at radius 2 is 1.81 bits per heavy atom. The summed E-state index contributed by atoms with van der Waals surface area (Å²) in [6.07, 6.45) is 0. The standard InChI is InChI=1S/C12H8F4N2O3/c1-4-11(20)17-7(19)3-18(4)12(21)5-2-6(13)9(15)10(16)8(5)14/h2,4H,3H2,1H3,(H,17,19,20). The topological polar surface area (TPSA) is 66.5 Å². The van der Waals surface area contributed by atoms with Crippen molar-refractivity contribution in [3.05, 3.63) is 34.9 Å². The Morgan fingerprint density at radius 3 is 2.43 bits per heavy atom. The van der Waals surface area contributed by atoms with Crippen LogP contribution in [0.2, 0.25) is 0 Å². The molecule has 0 aliphatic carbocycles. The Kier molecular flexibility index (Phi) is 3.67. The quantitative estimate of drug-likeness (QED) is 0.360. The minimum Gasteiger partial charge on any atom is -0.317 e. The van der Waals surface area contributed by atoms with Crippen LogP contribution in [-0.4, -0.2) is 35.2 Å². The Bertz CT molecular complexity index is 662. The molecule has 1 atom stereocenters. The average Bonchev–Trinajstić information content (AvgIpc) is 2.43. The largest absolute Gasteiger partial charge is 0.317 e. The number of benzene rings is 1. The van der Waals surface area contributed by atoms with Gasteiger partial charge >= 0.3 is 0 Å². The van der Waals surface area contributed by atoms with E-state index in [1.807, 2.05) is 5.32 Å². The first-order chi connectivity index (χ1) is 9.73. The Labute approximate surface area is 115 Å². The molecule has 0 spiro atoms. The third-order valence-corrected chi connectivity index (χ3v) is 3.02. The van der Waals surface area contributed by atoms with Crippen LogP contribution in [0.4, 0.5) is 17.6 Å². The van der Waals surface area contributed by atoms with Gasteiger partial charge in [-0.2, -0.15) is 0 Å². The highest BCUT2D eigenvalue weighted by molar-refractivity contribution is 6.07. The zero-order chi connectivity index (χ0) is 15.9. The molecule has 0 radical (unpaired) electrons. The molecule has 0 aromatic heterocycles. The van der Waals surface area contributed by atoms with E-state index in [4.69, 9.17) is 0 Å². The Morgan fingerprint density at radius 1 is 1.19 bits per heavy atom. The molecule has 1 saturated heterocycles. The molecular formula is C12H8F4N2O3. The summed E-state index contributed by atoms with van der Waals surface area (Å²) < 4.78 is 52.6. The predicted molar refractivity (Wildman–Crippen MR) is 59.9 cm³/mol. The molecule has 1 heterocycles. The normalized spacial score (nSPS) is 18.7. The SMILES string of the molecule is CC1C(=O)NC(=O)CN1C(=O)c1cc(F)c(F)c(F)c1F. The first-order valence-corrected chi connectivity index (χ1v) is 5.71. The number of imide groups is 1. The number of halogens is 4. The number of nitrogens with one attached hydrogen (secondary N) is 1. The summed E-state index contributed by atoms with van der Waals surface area (Å²) in [5, 5.41) is 1.94. The number of carbonyl (C=O) groups is 3. The molecule has 0 saturated carbocycles. The van der Waals surface area contributed by atoms with Crippen molar-refractivity contribution < 1.29 is 31.9 Å². The third kappa shape index (κ3) is 2.46. The van der Waals surface area contributed by atoms with Crippen LogP contribution in [0, 0.1) is 23.3 Å². The second kappa shape index (κ2) is 5.15. The van der Waals surface area contributed by atoms with Crippen LogP contribution in [0.5, 0.6) is 0 Å². The maximum atomic E-state index is 13.6. The van der Waals surface area contributed by atoms with Gasteiger partial charge in [-0.05, 0) is 13.0 Å². The van der Waals surface area contributed by atoms with Crippen molar-refractivity contribution in [3.8, 4) is 0 Å². The van der Waals surface area contributed by atoms with Crippen LogP contribution >= 0.6 is 0 Å². The summed E-state index contributed by atoms with van der Waals surface area (Å²) in [6, 6.07) is -0.967. The number of piperazine rings is 1. The Balaban J connectivity index is 2.45. The lowest BCUT2D eigenvalue weighted by Crippen LogP contribution is -2.58. The molecule has 1 aromatic rings. The molecule has 9 heteroatoms. The van der Waals surface area contributed by atoms with E-state index in [1.54, 1.807) is 0 Å². The maximum Gasteiger partial charge on any atom is 0.258 e. The first-order valence-electron chi connectivity index (χ1n) is 5.71. The summed E-state index contributed by atoms with van der Waals surface area (Å²) in [6.45, 7) is 0.652. The fourth-order valence-electron chi connectivity index (χ4n) is 1.85. The monoisotopic (exact) mass is 304 g/mol. The number of hydrogen-bond acceptors (Lipinski definition) is 3. The van der Waals surface area contributed by atoms with Gasteiger partial charge in [0.1, 0.15) is 12.6 Å². The summed E-state index contributed by atoms with van der Waals surface area (Å²) in [7, 11) is 0. The summed E-state index contributed by atoms with van der Waals surface area (Å²) >= 11 is 0. The van der Waals surface area contributed by atoms with Crippen molar-refractivity contribution in [1.82, 2.24) is 10.2 Å². The van der Waals surface area contributed by atoms with Crippen molar-refractivity contribution in [2.24, 2.45) is 0 Å². The molecule has 2 rings (SSSR count). The summed E-state index contributed by atoms with van der Waals surface area (Å²) in [4.78, 5) is 35.3. The van der Waals surface area contributed by atoms with Gasteiger partial charge in [-0.25, -0.2) is 17.6 Å². The second-order valence-electron chi connectivity index (χ2n) is 4.37. The highest BCUT2D eigenvalue weighted by Crippen LogP contribution is 2.21. The third-order valence-electron chi connectivity index (χ3n) is 3.02. The lowest BCUT2D eigenvalue weighted by molar-refractivity contribution is -0.138. The predicted octanol–water partition coefficient (Wildman–Crippen LogP) is 0.730. The molecule has 0 bridgehead atoms. The van der Waals surface area contributed by atoms with E-state index in [-0.39, 0.29) is 6.07 Å². The van der Waals surface area contributed by atoms with Gasteiger partial charge in [0.05, 0.1) is 5.56 Å². The first kappa shape index (κ1) is 14.9. The van der Waals surface area contributed by atoms with Crippen LogP contribution in [0.3, 0.4) is 0 Å². The number of nitrogens with zero attached hydrogens (tertiary/aromatic N) is 1. The van der Waals surface area contributed by atoms with Crippen LogP contribution in [0.25, 0.3) is 0 Å². The highest BCUT2D eigenvalue weighted by Gasteiger charge is 2.36. The van der Waals surface area contributed by atoms with E-state index in [2.05, 4.69) is 0 Å². The minimum atomic E-state index is -2.14. The van der Waals surface area contributed by atoms with Gasteiger partial charge < -0.3 is 4.90 Å². The number of amides is 3. The molecule has 5 nitrogen and oxygen atoms in total. The van der Waals surface area contributed by atoms with Crippen molar-refractivity contribution in [3.63, 3.8) is 0 Å². The molecule has 1 N–H and O–H groups in total. The van der Waals surface area contributed by atoms with Crippen LogP contribution in [-0.2, 0) is 9.59 Å². The fourth-order valence-corrected chi connectivity index (χ4v) is 1.85. The lowest BCUT2D eigenvalue weighted by atomic mass is 10.1. The van der Waals surface area contributed by atoms with E-state index >= 15 is 0 Å². The summed E-state index contributed by atoms with van der Waals surface area (Å²) in [5.41, 5.74) is -1.10. The molecule has 1 aliphatic heterocycles. The molecule has 112 valence electrons. The van der Waals surface area contributed by atoms with Crippen LogP contribution in [0.1, 0.15) is 17.3 Å². The average molecular weight is 304 g/mol. The lowest BCUT2D eigenvalue weighted by Gasteiger charge is -2.31. The molecule has 1 fully saturated rings. The zero-order valence-electron chi connectivity index (χ0n) is 10.5. The van der Waals surface area contributed by atoms with Crippen LogP contribution in [0.15, 0.2) is 6.07 Å². The summed E-state index contributed by atoms with van der Waals surface area (Å²) in [5.74, 6) is -10.8. The van der Waals surface area contributed by atoms with Gasteiger partial charge in [-0.1, -0.05) is 0 Å². The van der Waals surface area contributed by atoms with Crippen molar-refractivity contribution in [2.75, 3.05) is 6.54 Å². The van der Waals surface area contributed by atoms with Gasteiger partial charge in [-0.15, -0.1) is 0 Å². The number of carbonyl (C=O) groups excluding carboxylic acids is 3. The van der Waals surface area contributed by atoms with E-state index in [9.17, 15) is 31.9 Å². The van der Waals surface area contributed by atoms with E-state index in [0.717, 1.165) is 0 Å². The van der Waals surface area contributed by atoms with Gasteiger partial charge in [0.15, 0.2) is 23.3 Å². The molecular weight excluding hydrogens is 296 g/mol. The molecule has 21 heavy (non-hydrogen) atoms. The maximum absolute atomic E-state index is 13.6. The van der Waals surface area contributed by atoms with Gasteiger partial charge in [0.25, 0.3) is 5.91 Å². The van der Waals surface area contributed by atoms with Crippen LogP contribution < -0.4 is 5.32 Å². The molecule has 1 unspecified atom stereocenters. The molecule has 1 aliphatic rings. The highest BCUT2D eigenvalue weighted by atomic mass is 19.2. The second-order valence-corrected chi connectivity index (χ2v) is 4.37. The van der Waals surface area contributed by atoms with E-state index in [1.165, 1.54) is 6.92 Å². The van der Waals surface area contributed by atoms with E-state index < -0.39 is 59.1 Å². The van der Waals surface area contributed by atoms with E-state index in [0.29, 0.717) is 4.90 Å². The zero-order valence-corrected chi connectivity index (χ0v) is 10.5. The fraction of sp³-hybridized carbons (Fsp3) is 0.250. The van der Waals surface area contributed by atoms with Gasteiger partial charge in [-0.3, -0.25) is 19.7 Å². The molecule has 1 aromatic carbocycles. The smallest absolute Gasteiger partial charge is 0.258 e. The number of rotatable bonds is 1. The van der Waals surface area contributed by atoms with Crippen molar-refractivity contribution in [1.29, 1.82) is 0 Å². The van der Waals surface area contributed by atoms with Crippen molar-refractivity contribution in [2.45, 2.75) is 13.0 Å².